The van der Waals surface area contributed by atoms with Crippen molar-refractivity contribution in [3.8, 4) is 0 Å². The van der Waals surface area contributed by atoms with Gasteiger partial charge in [-0.25, -0.2) is 0 Å². The summed E-state index contributed by atoms with van der Waals surface area (Å²) in [6.45, 7) is 14.2. The maximum Gasteiger partial charge on any atom is -0.0342 e. The predicted octanol–water partition coefficient (Wildman–Crippen LogP) is 5.13. The van der Waals surface area contributed by atoms with Crippen molar-refractivity contribution in [2.24, 2.45) is 23.7 Å². The largest absolute Gasteiger partial charge is 0.0654 e. The van der Waals surface area contributed by atoms with Crippen LogP contribution in [0.2, 0.25) is 0 Å². The molecule has 0 bridgehead atoms. The second-order valence-corrected chi connectivity index (χ2v) is 5.54. The second-order valence-electron chi connectivity index (χ2n) is 5.54. The van der Waals surface area contributed by atoms with Crippen molar-refractivity contribution in [2.45, 2.75) is 67.2 Å². The van der Waals surface area contributed by atoms with Crippen molar-refractivity contribution in [2.75, 3.05) is 0 Å². The Kier molecular flexibility index (Phi) is 7.31. The summed E-state index contributed by atoms with van der Waals surface area (Å²) in [5, 5.41) is 0. The molecule has 0 nitrogen and oxygen atoms in total. The molecule has 14 heavy (non-hydrogen) atoms. The van der Waals surface area contributed by atoms with Crippen LogP contribution in [-0.4, -0.2) is 0 Å². The Morgan fingerprint density at radius 1 is 0.786 bits per heavy atom. The molecule has 0 aliphatic carbocycles. The predicted molar refractivity (Wildman–Crippen MR) is 66.5 cm³/mol. The van der Waals surface area contributed by atoms with Crippen LogP contribution in [0.4, 0.5) is 0 Å². The summed E-state index contributed by atoms with van der Waals surface area (Å²) in [5.41, 5.74) is 0. The molecule has 0 saturated heterocycles. The first-order valence-corrected chi connectivity index (χ1v) is 6.50. The molecule has 0 aromatic carbocycles. The average Bonchev–Trinajstić information content (AvgIpc) is 2.03. The molecule has 0 aliphatic heterocycles. The minimum atomic E-state index is 0.839. The molecular weight excluding hydrogens is 168 g/mol. The molecule has 0 heteroatoms. The third-order valence-electron chi connectivity index (χ3n) is 3.46. The van der Waals surface area contributed by atoms with Gasteiger partial charge in [0.25, 0.3) is 0 Å². The summed E-state index contributed by atoms with van der Waals surface area (Å²) in [6, 6.07) is 0. The Hall–Kier alpha value is 0. The lowest BCUT2D eigenvalue weighted by atomic mass is 9.75. The standard InChI is InChI=1S/C14H30/c1-7-8-9-10-13(6)14(11(2)3)12(4)5/h11-14H,7-10H2,1-6H3. The van der Waals surface area contributed by atoms with Gasteiger partial charge in [0.2, 0.25) is 0 Å². The van der Waals surface area contributed by atoms with Gasteiger partial charge in [0, 0.05) is 0 Å². The van der Waals surface area contributed by atoms with Crippen molar-refractivity contribution in [3.05, 3.63) is 0 Å². The summed E-state index contributed by atoms with van der Waals surface area (Å²) >= 11 is 0. The molecule has 0 aromatic rings. The van der Waals surface area contributed by atoms with Gasteiger partial charge in [-0.05, 0) is 23.7 Å². The van der Waals surface area contributed by atoms with E-state index >= 15 is 0 Å². The van der Waals surface area contributed by atoms with Crippen molar-refractivity contribution in [3.63, 3.8) is 0 Å². The van der Waals surface area contributed by atoms with E-state index in [1.165, 1.54) is 25.7 Å². The minimum Gasteiger partial charge on any atom is -0.0654 e. The van der Waals surface area contributed by atoms with E-state index in [1.54, 1.807) is 0 Å². The van der Waals surface area contributed by atoms with Gasteiger partial charge in [0.05, 0.1) is 0 Å². The van der Waals surface area contributed by atoms with E-state index < -0.39 is 0 Å². The van der Waals surface area contributed by atoms with Crippen LogP contribution in [0.25, 0.3) is 0 Å². The average molecular weight is 198 g/mol. The fourth-order valence-electron chi connectivity index (χ4n) is 2.99. The fourth-order valence-corrected chi connectivity index (χ4v) is 2.99. The number of unbranched alkanes of at least 4 members (excludes halogenated alkanes) is 2. The minimum absolute atomic E-state index is 0.839. The van der Waals surface area contributed by atoms with Gasteiger partial charge < -0.3 is 0 Å². The summed E-state index contributed by atoms with van der Waals surface area (Å²) in [7, 11) is 0. The summed E-state index contributed by atoms with van der Waals surface area (Å²) in [5.74, 6) is 3.49. The van der Waals surface area contributed by atoms with E-state index in [1.807, 2.05) is 0 Å². The van der Waals surface area contributed by atoms with Crippen LogP contribution < -0.4 is 0 Å². The highest BCUT2D eigenvalue weighted by molar-refractivity contribution is 4.72. The maximum absolute atomic E-state index is 2.44. The van der Waals surface area contributed by atoms with Crippen LogP contribution in [0.1, 0.15) is 67.2 Å². The lowest BCUT2D eigenvalue weighted by molar-refractivity contribution is 0.187. The van der Waals surface area contributed by atoms with E-state index in [-0.39, 0.29) is 0 Å². The molecule has 0 fully saturated rings. The highest BCUT2D eigenvalue weighted by Gasteiger charge is 2.23. The van der Waals surface area contributed by atoms with E-state index in [4.69, 9.17) is 0 Å². The van der Waals surface area contributed by atoms with E-state index in [0.29, 0.717) is 0 Å². The zero-order chi connectivity index (χ0) is 11.1. The number of hydrogen-bond acceptors (Lipinski definition) is 0. The first-order chi connectivity index (χ1) is 6.50. The molecule has 1 atom stereocenters. The van der Waals surface area contributed by atoms with Crippen molar-refractivity contribution in [1.29, 1.82) is 0 Å². The lowest BCUT2D eigenvalue weighted by Crippen LogP contribution is -2.23. The number of rotatable bonds is 7. The van der Waals surface area contributed by atoms with Crippen LogP contribution in [0.5, 0.6) is 0 Å². The molecule has 0 aromatic heterocycles. The van der Waals surface area contributed by atoms with E-state index in [0.717, 1.165) is 23.7 Å². The molecule has 0 spiro atoms. The van der Waals surface area contributed by atoms with Gasteiger partial charge in [-0.1, -0.05) is 67.2 Å². The van der Waals surface area contributed by atoms with Crippen LogP contribution in [-0.2, 0) is 0 Å². The van der Waals surface area contributed by atoms with Crippen LogP contribution in [0, 0.1) is 23.7 Å². The zero-order valence-electron chi connectivity index (χ0n) is 11.1. The molecule has 0 saturated carbocycles. The normalized spacial score (nSPS) is 14.4. The molecule has 0 radical (unpaired) electrons. The van der Waals surface area contributed by atoms with Crippen molar-refractivity contribution >= 4 is 0 Å². The molecule has 0 rings (SSSR count). The summed E-state index contributed by atoms with van der Waals surface area (Å²) < 4.78 is 0. The first kappa shape index (κ1) is 14.0. The van der Waals surface area contributed by atoms with Gasteiger partial charge in [-0.3, -0.25) is 0 Å². The highest BCUT2D eigenvalue weighted by Crippen LogP contribution is 2.31. The van der Waals surface area contributed by atoms with Gasteiger partial charge in [-0.15, -0.1) is 0 Å². The number of hydrogen-bond donors (Lipinski definition) is 0. The van der Waals surface area contributed by atoms with Gasteiger partial charge in [0.15, 0.2) is 0 Å². The molecule has 0 amide bonds. The van der Waals surface area contributed by atoms with Crippen LogP contribution >= 0.6 is 0 Å². The van der Waals surface area contributed by atoms with Crippen LogP contribution in [0.15, 0.2) is 0 Å². The van der Waals surface area contributed by atoms with Crippen molar-refractivity contribution < 1.29 is 0 Å². The SMILES string of the molecule is CCCCCC(C)C(C(C)C)C(C)C. The zero-order valence-corrected chi connectivity index (χ0v) is 11.1. The highest BCUT2D eigenvalue weighted by atomic mass is 14.3. The van der Waals surface area contributed by atoms with Crippen molar-refractivity contribution in [1.82, 2.24) is 0 Å². The Balaban J connectivity index is 3.96. The molecule has 0 aliphatic rings. The summed E-state index contributed by atoms with van der Waals surface area (Å²) in [6.07, 6.45) is 5.61. The van der Waals surface area contributed by atoms with Gasteiger partial charge >= 0.3 is 0 Å². The molecular formula is C14H30. The Bertz CT molecular complexity index is 116. The van der Waals surface area contributed by atoms with E-state index in [9.17, 15) is 0 Å². The van der Waals surface area contributed by atoms with Gasteiger partial charge in [0.1, 0.15) is 0 Å². The van der Waals surface area contributed by atoms with E-state index in [2.05, 4.69) is 41.5 Å². The third-order valence-corrected chi connectivity index (χ3v) is 3.46. The Morgan fingerprint density at radius 2 is 1.29 bits per heavy atom. The van der Waals surface area contributed by atoms with Gasteiger partial charge in [-0.2, -0.15) is 0 Å². The molecule has 86 valence electrons. The maximum atomic E-state index is 2.44. The molecule has 0 N–H and O–H groups in total. The van der Waals surface area contributed by atoms with Crippen LogP contribution in [0.3, 0.4) is 0 Å². The lowest BCUT2D eigenvalue weighted by Gasteiger charge is -2.31. The summed E-state index contributed by atoms with van der Waals surface area (Å²) in [4.78, 5) is 0. The topological polar surface area (TPSA) is 0 Å². The quantitative estimate of drug-likeness (QED) is 0.497. The monoisotopic (exact) mass is 198 g/mol. The molecule has 1 unspecified atom stereocenters. The Labute approximate surface area is 91.5 Å². The Morgan fingerprint density at radius 3 is 1.64 bits per heavy atom. The fraction of sp³-hybridized carbons (Fsp3) is 1.00. The molecule has 0 heterocycles. The first-order valence-electron chi connectivity index (χ1n) is 6.50. The third kappa shape index (κ3) is 5.02. The smallest absolute Gasteiger partial charge is 0.0342 e. The second kappa shape index (κ2) is 7.31.